The first kappa shape index (κ1) is 7.58. The van der Waals surface area contributed by atoms with Crippen molar-refractivity contribution in [1.29, 1.82) is 5.26 Å². The van der Waals surface area contributed by atoms with Crippen molar-refractivity contribution < 1.29 is 4.84 Å². The van der Waals surface area contributed by atoms with Gasteiger partial charge in [-0.25, -0.2) is 0 Å². The predicted octanol–water partition coefficient (Wildman–Crippen LogP) is 1.07. The second kappa shape index (κ2) is 3.59. The van der Waals surface area contributed by atoms with Gasteiger partial charge < -0.3 is 4.84 Å². The van der Waals surface area contributed by atoms with Crippen molar-refractivity contribution in [2.75, 3.05) is 7.05 Å². The summed E-state index contributed by atoms with van der Waals surface area (Å²) in [5, 5.41) is 8.50. The Balaban J connectivity index is 2.85. The lowest BCUT2D eigenvalue weighted by atomic mass is 10.2. The third-order valence-electron chi connectivity index (χ3n) is 1.18. The maximum absolute atomic E-state index is 8.50. The monoisotopic (exact) mass is 148 g/mol. The van der Waals surface area contributed by atoms with Gasteiger partial charge in [-0.2, -0.15) is 10.7 Å². The van der Waals surface area contributed by atoms with Gasteiger partial charge in [0.05, 0.1) is 11.6 Å². The van der Waals surface area contributed by atoms with Gasteiger partial charge in [-0.15, -0.1) is 0 Å². The molecule has 11 heavy (non-hydrogen) atoms. The average Bonchev–Trinajstić information content (AvgIpc) is 2.06. The van der Waals surface area contributed by atoms with Crippen LogP contribution < -0.4 is 10.3 Å². The number of benzene rings is 1. The highest BCUT2D eigenvalue weighted by Gasteiger charge is 1.93. The van der Waals surface area contributed by atoms with Crippen molar-refractivity contribution in [3.63, 3.8) is 0 Å². The van der Waals surface area contributed by atoms with E-state index in [0.717, 1.165) is 0 Å². The Morgan fingerprint density at radius 2 is 2.36 bits per heavy atom. The lowest BCUT2D eigenvalue weighted by Crippen LogP contribution is -2.10. The van der Waals surface area contributed by atoms with Crippen molar-refractivity contribution in [2.45, 2.75) is 0 Å². The van der Waals surface area contributed by atoms with Crippen LogP contribution in [0.5, 0.6) is 5.75 Å². The molecule has 0 radical (unpaired) electrons. The Morgan fingerprint density at radius 1 is 1.55 bits per heavy atom. The van der Waals surface area contributed by atoms with Crippen LogP contribution >= 0.6 is 0 Å². The lowest BCUT2D eigenvalue weighted by Gasteiger charge is -2.00. The summed E-state index contributed by atoms with van der Waals surface area (Å²) in [5.74, 6) is 0.645. The van der Waals surface area contributed by atoms with Crippen molar-refractivity contribution >= 4 is 0 Å². The molecule has 1 aromatic carbocycles. The smallest absolute Gasteiger partial charge is 0.148 e. The van der Waals surface area contributed by atoms with E-state index in [9.17, 15) is 0 Å². The van der Waals surface area contributed by atoms with Crippen molar-refractivity contribution in [3.8, 4) is 11.8 Å². The molecular weight excluding hydrogens is 140 g/mol. The Morgan fingerprint density at radius 3 is 3.00 bits per heavy atom. The van der Waals surface area contributed by atoms with Gasteiger partial charge in [0.15, 0.2) is 0 Å². The van der Waals surface area contributed by atoms with E-state index in [1.807, 2.05) is 6.07 Å². The zero-order chi connectivity index (χ0) is 8.10. The molecule has 0 aliphatic rings. The molecule has 0 aromatic heterocycles. The molecule has 1 rings (SSSR count). The normalized spacial score (nSPS) is 8.73. The number of rotatable bonds is 2. The fourth-order valence-corrected chi connectivity index (χ4v) is 0.747. The molecule has 0 atom stereocenters. The second-order valence-corrected chi connectivity index (χ2v) is 1.95. The number of hydrogen-bond donors (Lipinski definition) is 1. The summed E-state index contributed by atoms with van der Waals surface area (Å²) >= 11 is 0. The van der Waals surface area contributed by atoms with Crippen LogP contribution in [-0.4, -0.2) is 7.05 Å². The van der Waals surface area contributed by atoms with Gasteiger partial charge in [-0.3, -0.25) is 0 Å². The summed E-state index contributed by atoms with van der Waals surface area (Å²) in [6, 6.07) is 8.95. The third kappa shape index (κ3) is 1.95. The summed E-state index contributed by atoms with van der Waals surface area (Å²) in [7, 11) is 1.67. The van der Waals surface area contributed by atoms with Gasteiger partial charge in [0.25, 0.3) is 0 Å². The Labute approximate surface area is 65.2 Å². The van der Waals surface area contributed by atoms with E-state index in [1.165, 1.54) is 0 Å². The minimum Gasteiger partial charge on any atom is -0.409 e. The van der Waals surface area contributed by atoms with E-state index in [4.69, 9.17) is 10.1 Å². The molecule has 0 fully saturated rings. The standard InChI is InChI=1S/C8H8N2O/c1-10-11-8-4-2-3-7(5-8)6-9/h2-5,10H,1H3. The zero-order valence-electron chi connectivity index (χ0n) is 6.16. The van der Waals surface area contributed by atoms with Gasteiger partial charge >= 0.3 is 0 Å². The number of nitrogens with one attached hydrogen (secondary N) is 1. The van der Waals surface area contributed by atoms with E-state index in [0.29, 0.717) is 11.3 Å². The fourth-order valence-electron chi connectivity index (χ4n) is 0.747. The lowest BCUT2D eigenvalue weighted by molar-refractivity contribution is 0.224. The number of hydrogen-bond acceptors (Lipinski definition) is 3. The molecule has 0 bridgehead atoms. The number of nitrogens with zero attached hydrogens (tertiary/aromatic N) is 1. The molecule has 0 aliphatic heterocycles. The molecule has 0 unspecified atom stereocenters. The quantitative estimate of drug-likeness (QED) is 0.638. The molecule has 0 saturated heterocycles. The Hall–Kier alpha value is -1.53. The summed E-state index contributed by atoms with van der Waals surface area (Å²) in [4.78, 5) is 4.95. The van der Waals surface area contributed by atoms with E-state index < -0.39 is 0 Å². The predicted molar refractivity (Wildman–Crippen MR) is 40.8 cm³/mol. The van der Waals surface area contributed by atoms with Crippen LogP contribution in [0.25, 0.3) is 0 Å². The minimum absolute atomic E-state index is 0.595. The van der Waals surface area contributed by atoms with Crippen LogP contribution in [0, 0.1) is 11.3 Å². The number of nitriles is 1. The molecule has 0 heterocycles. The van der Waals surface area contributed by atoms with Gasteiger partial charge in [-0.05, 0) is 12.1 Å². The van der Waals surface area contributed by atoms with Crippen LogP contribution in [-0.2, 0) is 0 Å². The van der Waals surface area contributed by atoms with E-state index in [1.54, 1.807) is 31.3 Å². The van der Waals surface area contributed by atoms with Crippen LogP contribution in [0.4, 0.5) is 0 Å². The Kier molecular flexibility index (Phi) is 2.47. The maximum atomic E-state index is 8.50. The van der Waals surface area contributed by atoms with E-state index in [-0.39, 0.29) is 0 Å². The maximum Gasteiger partial charge on any atom is 0.148 e. The van der Waals surface area contributed by atoms with Crippen LogP contribution in [0.1, 0.15) is 5.56 Å². The first-order valence-electron chi connectivity index (χ1n) is 3.20. The van der Waals surface area contributed by atoms with Crippen LogP contribution in [0.2, 0.25) is 0 Å². The number of hydroxylamine groups is 1. The second-order valence-electron chi connectivity index (χ2n) is 1.95. The zero-order valence-corrected chi connectivity index (χ0v) is 6.16. The van der Waals surface area contributed by atoms with Gasteiger partial charge in [0, 0.05) is 13.1 Å². The van der Waals surface area contributed by atoms with Crippen LogP contribution in [0.15, 0.2) is 24.3 Å². The molecule has 0 spiro atoms. The van der Waals surface area contributed by atoms with Crippen molar-refractivity contribution in [3.05, 3.63) is 29.8 Å². The summed E-state index contributed by atoms with van der Waals surface area (Å²) in [6.07, 6.45) is 0. The molecule has 3 nitrogen and oxygen atoms in total. The Bertz CT molecular complexity index is 278. The summed E-state index contributed by atoms with van der Waals surface area (Å²) in [6.45, 7) is 0. The highest BCUT2D eigenvalue weighted by atomic mass is 16.6. The van der Waals surface area contributed by atoms with Gasteiger partial charge in [0.2, 0.25) is 0 Å². The molecule has 0 amide bonds. The first-order chi connectivity index (χ1) is 5.36. The molecule has 3 heteroatoms. The highest BCUT2D eigenvalue weighted by Crippen LogP contribution is 2.10. The SMILES string of the molecule is CNOc1cccc(C#N)c1. The van der Waals surface area contributed by atoms with Gasteiger partial charge in [0.1, 0.15) is 5.75 Å². The van der Waals surface area contributed by atoms with E-state index in [2.05, 4.69) is 5.48 Å². The fraction of sp³-hybridized carbons (Fsp3) is 0.125. The molecule has 56 valence electrons. The molecule has 0 saturated carbocycles. The van der Waals surface area contributed by atoms with Crippen molar-refractivity contribution in [2.24, 2.45) is 0 Å². The summed E-state index contributed by atoms with van der Waals surface area (Å²) < 4.78 is 0. The topological polar surface area (TPSA) is 45.0 Å². The van der Waals surface area contributed by atoms with Gasteiger partial charge in [-0.1, -0.05) is 6.07 Å². The first-order valence-corrected chi connectivity index (χ1v) is 3.20. The molecule has 1 aromatic rings. The summed E-state index contributed by atoms with van der Waals surface area (Å²) in [5.41, 5.74) is 3.12. The largest absolute Gasteiger partial charge is 0.409 e. The van der Waals surface area contributed by atoms with Crippen molar-refractivity contribution in [1.82, 2.24) is 5.48 Å². The minimum atomic E-state index is 0.595. The molecular formula is C8H8N2O. The van der Waals surface area contributed by atoms with Crippen LogP contribution in [0.3, 0.4) is 0 Å². The molecule has 1 N–H and O–H groups in total. The van der Waals surface area contributed by atoms with E-state index >= 15 is 0 Å². The highest BCUT2D eigenvalue weighted by molar-refractivity contribution is 5.35. The average molecular weight is 148 g/mol. The molecule has 0 aliphatic carbocycles. The third-order valence-corrected chi connectivity index (χ3v) is 1.18.